The van der Waals surface area contributed by atoms with Crippen molar-refractivity contribution >= 4 is 17.2 Å². The fourth-order valence-electron chi connectivity index (χ4n) is 2.79. The summed E-state index contributed by atoms with van der Waals surface area (Å²) in [5, 5.41) is 4.05. The molecule has 0 spiro atoms. The third-order valence-electron chi connectivity index (χ3n) is 4.31. The maximum Gasteiger partial charge on any atom is 0.278 e. The highest BCUT2D eigenvalue weighted by Gasteiger charge is 2.20. The molecule has 140 valence electrons. The predicted octanol–water partition coefficient (Wildman–Crippen LogP) is 1.52. The number of quaternary nitrogens is 1. The van der Waals surface area contributed by atoms with Crippen molar-refractivity contribution in [2.24, 2.45) is 0 Å². The van der Waals surface area contributed by atoms with Crippen molar-refractivity contribution in [1.29, 1.82) is 0 Å². The largest absolute Gasteiger partial charge is 0.454 e. The van der Waals surface area contributed by atoms with Gasteiger partial charge >= 0.3 is 0 Å². The zero-order chi connectivity index (χ0) is 18.4. The SMILES string of the molecule is COCC[NH2+]CC(=O)N(Cc1ccc2c(c1)OCO2)Cc1sccc1C. The van der Waals surface area contributed by atoms with Gasteiger partial charge in [-0.2, -0.15) is 0 Å². The summed E-state index contributed by atoms with van der Waals surface area (Å²) in [7, 11) is 1.67. The highest BCUT2D eigenvalue weighted by Crippen LogP contribution is 2.33. The number of carbonyl (C=O) groups excluding carboxylic acids is 1. The van der Waals surface area contributed by atoms with Gasteiger partial charge in [0, 0.05) is 18.5 Å². The Morgan fingerprint density at radius 1 is 1.27 bits per heavy atom. The van der Waals surface area contributed by atoms with Crippen LogP contribution >= 0.6 is 11.3 Å². The van der Waals surface area contributed by atoms with Crippen LogP contribution in [0.2, 0.25) is 0 Å². The molecule has 0 atom stereocenters. The molecular weight excluding hydrogens is 352 g/mol. The van der Waals surface area contributed by atoms with Crippen LogP contribution in [0.3, 0.4) is 0 Å². The van der Waals surface area contributed by atoms with E-state index in [9.17, 15) is 4.79 Å². The van der Waals surface area contributed by atoms with E-state index in [4.69, 9.17) is 14.2 Å². The molecule has 26 heavy (non-hydrogen) atoms. The van der Waals surface area contributed by atoms with Crippen molar-refractivity contribution in [3.63, 3.8) is 0 Å². The number of nitrogens with zero attached hydrogens (tertiary/aromatic N) is 1. The molecule has 7 heteroatoms. The third kappa shape index (κ3) is 4.75. The van der Waals surface area contributed by atoms with Crippen LogP contribution in [-0.2, 0) is 22.6 Å². The summed E-state index contributed by atoms with van der Waals surface area (Å²) in [5.41, 5.74) is 2.26. The number of hydrogen-bond acceptors (Lipinski definition) is 5. The number of benzene rings is 1. The maximum absolute atomic E-state index is 12.8. The molecule has 2 aromatic rings. The molecule has 1 amide bonds. The van der Waals surface area contributed by atoms with Gasteiger partial charge in [-0.25, -0.2) is 0 Å². The Bertz CT molecular complexity index is 747. The Kier molecular flexibility index (Phi) is 6.49. The average molecular weight is 377 g/mol. The van der Waals surface area contributed by atoms with E-state index < -0.39 is 0 Å². The lowest BCUT2D eigenvalue weighted by atomic mass is 10.1. The lowest BCUT2D eigenvalue weighted by Gasteiger charge is -2.22. The summed E-state index contributed by atoms with van der Waals surface area (Å²) in [6.07, 6.45) is 0. The first-order valence-corrected chi connectivity index (χ1v) is 9.55. The van der Waals surface area contributed by atoms with E-state index in [0.717, 1.165) is 23.6 Å². The molecule has 0 fully saturated rings. The van der Waals surface area contributed by atoms with Crippen LogP contribution in [0.4, 0.5) is 0 Å². The molecule has 6 nitrogen and oxygen atoms in total. The van der Waals surface area contributed by atoms with E-state index in [1.165, 1.54) is 10.4 Å². The van der Waals surface area contributed by atoms with E-state index >= 15 is 0 Å². The van der Waals surface area contributed by atoms with Crippen LogP contribution < -0.4 is 14.8 Å². The van der Waals surface area contributed by atoms with Crippen LogP contribution in [0.25, 0.3) is 0 Å². The van der Waals surface area contributed by atoms with E-state index in [1.54, 1.807) is 18.4 Å². The molecule has 0 bridgehead atoms. The second-order valence-electron chi connectivity index (χ2n) is 6.24. The summed E-state index contributed by atoms with van der Waals surface area (Å²) < 4.78 is 15.9. The van der Waals surface area contributed by atoms with Gasteiger partial charge in [0.2, 0.25) is 6.79 Å². The Labute approximate surface area is 157 Å². The average Bonchev–Trinajstić information content (AvgIpc) is 3.26. The first kappa shape index (κ1) is 18.7. The second-order valence-corrected chi connectivity index (χ2v) is 7.24. The number of fused-ring (bicyclic) bond motifs is 1. The molecule has 1 aliphatic heterocycles. The van der Waals surface area contributed by atoms with Gasteiger partial charge in [-0.1, -0.05) is 6.07 Å². The standard InChI is InChI=1S/C19H24N2O4S/c1-14-5-8-26-18(14)12-21(19(22)10-20-6-7-23-2)11-15-3-4-16-17(9-15)25-13-24-16/h3-5,8-9,20H,6-7,10-13H2,1-2H3/p+1. The van der Waals surface area contributed by atoms with E-state index in [1.807, 2.05) is 28.4 Å². The lowest BCUT2D eigenvalue weighted by Crippen LogP contribution is -2.87. The molecule has 0 radical (unpaired) electrons. The fourth-order valence-corrected chi connectivity index (χ4v) is 3.71. The van der Waals surface area contributed by atoms with Gasteiger partial charge in [-0.15, -0.1) is 11.3 Å². The van der Waals surface area contributed by atoms with Crippen molar-refractivity contribution < 1.29 is 24.3 Å². The second kappa shape index (κ2) is 9.02. The summed E-state index contributed by atoms with van der Waals surface area (Å²) in [4.78, 5) is 15.9. The van der Waals surface area contributed by atoms with Gasteiger partial charge in [-0.3, -0.25) is 4.79 Å². The van der Waals surface area contributed by atoms with E-state index in [-0.39, 0.29) is 12.7 Å². The monoisotopic (exact) mass is 377 g/mol. The van der Waals surface area contributed by atoms with Gasteiger partial charge < -0.3 is 24.4 Å². The van der Waals surface area contributed by atoms with Crippen LogP contribution in [0.15, 0.2) is 29.6 Å². The van der Waals surface area contributed by atoms with Gasteiger partial charge in [-0.05, 0) is 41.6 Å². The lowest BCUT2D eigenvalue weighted by molar-refractivity contribution is -0.646. The number of methoxy groups -OCH3 is 1. The number of amides is 1. The molecule has 1 aromatic heterocycles. The number of ether oxygens (including phenoxy) is 3. The van der Waals surface area contributed by atoms with Crippen LogP contribution in [0, 0.1) is 6.92 Å². The van der Waals surface area contributed by atoms with Crippen LogP contribution in [0.1, 0.15) is 16.0 Å². The molecule has 0 saturated carbocycles. The van der Waals surface area contributed by atoms with Crippen molar-refractivity contribution in [3.8, 4) is 11.5 Å². The van der Waals surface area contributed by atoms with Crippen molar-refractivity contribution in [1.82, 2.24) is 4.90 Å². The molecular formula is C19H25N2O4S+. The Hall–Kier alpha value is -2.09. The molecule has 1 aromatic carbocycles. The first-order chi connectivity index (χ1) is 12.7. The van der Waals surface area contributed by atoms with E-state index in [2.05, 4.69) is 18.4 Å². The number of nitrogens with two attached hydrogens (primary N) is 1. The summed E-state index contributed by atoms with van der Waals surface area (Å²) in [6, 6.07) is 7.94. The van der Waals surface area contributed by atoms with Crippen molar-refractivity contribution in [2.75, 3.05) is 33.6 Å². The molecule has 2 heterocycles. The maximum atomic E-state index is 12.8. The number of thiophene rings is 1. The molecule has 0 aliphatic carbocycles. The smallest absolute Gasteiger partial charge is 0.278 e. The minimum Gasteiger partial charge on any atom is -0.454 e. The van der Waals surface area contributed by atoms with Gasteiger partial charge in [0.25, 0.3) is 5.91 Å². The normalized spacial score (nSPS) is 12.4. The third-order valence-corrected chi connectivity index (χ3v) is 5.32. The van der Waals surface area contributed by atoms with Gasteiger partial charge in [0.05, 0.1) is 19.7 Å². The van der Waals surface area contributed by atoms with Crippen LogP contribution in [-0.4, -0.2) is 44.4 Å². The highest BCUT2D eigenvalue weighted by atomic mass is 32.1. The van der Waals surface area contributed by atoms with Crippen molar-refractivity contribution in [2.45, 2.75) is 20.0 Å². The zero-order valence-electron chi connectivity index (χ0n) is 15.2. The molecule has 3 rings (SSSR count). The number of carbonyl (C=O) groups is 1. The highest BCUT2D eigenvalue weighted by molar-refractivity contribution is 7.10. The molecule has 0 unspecified atom stereocenters. The predicted molar refractivity (Wildman–Crippen MR) is 99.4 cm³/mol. The quantitative estimate of drug-likeness (QED) is 0.673. The molecule has 2 N–H and O–H groups in total. The Morgan fingerprint density at radius 3 is 2.88 bits per heavy atom. The summed E-state index contributed by atoms with van der Waals surface area (Å²) in [5.74, 6) is 1.62. The number of aryl methyl sites for hydroxylation is 1. The van der Waals surface area contributed by atoms with E-state index in [0.29, 0.717) is 26.2 Å². The zero-order valence-corrected chi connectivity index (χ0v) is 16.0. The number of hydrogen-bond donors (Lipinski definition) is 1. The summed E-state index contributed by atoms with van der Waals surface area (Å²) >= 11 is 1.69. The fraction of sp³-hybridized carbons (Fsp3) is 0.421. The Balaban J connectivity index is 1.69. The summed E-state index contributed by atoms with van der Waals surface area (Å²) in [6.45, 7) is 5.33. The first-order valence-electron chi connectivity index (χ1n) is 8.67. The topological polar surface area (TPSA) is 64.6 Å². The van der Waals surface area contributed by atoms with Gasteiger partial charge in [0.15, 0.2) is 18.0 Å². The van der Waals surface area contributed by atoms with Crippen LogP contribution in [0.5, 0.6) is 11.5 Å². The Morgan fingerprint density at radius 2 is 2.12 bits per heavy atom. The molecule has 0 saturated heterocycles. The van der Waals surface area contributed by atoms with Crippen molar-refractivity contribution in [3.05, 3.63) is 45.6 Å². The minimum absolute atomic E-state index is 0.117. The number of rotatable bonds is 9. The minimum atomic E-state index is 0.117. The molecule has 1 aliphatic rings. The van der Waals surface area contributed by atoms with Gasteiger partial charge in [0.1, 0.15) is 0 Å².